The number of allylic oxidation sites excluding steroid dienone is 6. The molecule has 1 aliphatic carbocycles. The first-order chi connectivity index (χ1) is 10.9. The highest BCUT2D eigenvalue weighted by molar-refractivity contribution is 5.35. The zero-order chi connectivity index (χ0) is 17.3. The molecule has 1 atom stereocenters. The Morgan fingerprint density at radius 3 is 2.30 bits per heavy atom. The molecule has 1 aliphatic rings. The van der Waals surface area contributed by atoms with E-state index in [2.05, 4.69) is 65.8 Å². The minimum Gasteiger partial charge on any atom is -0.0842 e. The van der Waals surface area contributed by atoms with Crippen LogP contribution in [0, 0.1) is 17.3 Å². The third-order valence-corrected chi connectivity index (χ3v) is 5.29. The van der Waals surface area contributed by atoms with Gasteiger partial charge in [-0.3, -0.25) is 0 Å². The molecule has 0 heterocycles. The van der Waals surface area contributed by atoms with Crippen LogP contribution in [0.5, 0.6) is 0 Å². The first-order valence-electron chi connectivity index (χ1n) is 9.95. The Kier molecular flexibility index (Phi) is 8.95. The maximum Gasteiger partial charge on any atom is -0.0152 e. The van der Waals surface area contributed by atoms with Gasteiger partial charge < -0.3 is 0 Å². The van der Waals surface area contributed by atoms with Crippen LogP contribution in [0.25, 0.3) is 0 Å². The van der Waals surface area contributed by atoms with E-state index >= 15 is 0 Å². The van der Waals surface area contributed by atoms with Gasteiger partial charge in [0.15, 0.2) is 0 Å². The van der Waals surface area contributed by atoms with Gasteiger partial charge in [0.25, 0.3) is 0 Å². The second-order valence-corrected chi connectivity index (χ2v) is 8.36. The quantitative estimate of drug-likeness (QED) is 0.406. The molecule has 0 heteroatoms. The molecule has 0 fully saturated rings. The van der Waals surface area contributed by atoms with E-state index in [0.717, 1.165) is 5.92 Å². The summed E-state index contributed by atoms with van der Waals surface area (Å²) in [7, 11) is 0. The summed E-state index contributed by atoms with van der Waals surface area (Å²) in [6.07, 6.45) is 19.9. The molecule has 0 saturated heterocycles. The van der Waals surface area contributed by atoms with Crippen LogP contribution in [0.3, 0.4) is 0 Å². The smallest absolute Gasteiger partial charge is 0.0152 e. The lowest BCUT2D eigenvalue weighted by Gasteiger charge is -2.35. The van der Waals surface area contributed by atoms with Crippen LogP contribution in [-0.4, -0.2) is 0 Å². The molecule has 0 amide bonds. The number of hydrogen-bond acceptors (Lipinski definition) is 0. The Morgan fingerprint density at radius 2 is 1.74 bits per heavy atom. The maximum absolute atomic E-state index is 2.53. The SMILES string of the molecule is CCCC(C)(CCC)CC(CC(C)C)C1=C/C=C\CCC=C1C. The highest BCUT2D eigenvalue weighted by Crippen LogP contribution is 2.42. The fourth-order valence-electron chi connectivity index (χ4n) is 4.39. The summed E-state index contributed by atoms with van der Waals surface area (Å²) in [5, 5.41) is 0. The molecule has 132 valence electrons. The molecule has 0 saturated carbocycles. The fraction of sp³-hybridized carbons (Fsp3) is 0.739. The normalized spacial score (nSPS) is 18.9. The third kappa shape index (κ3) is 7.10. The lowest BCUT2D eigenvalue weighted by molar-refractivity contribution is 0.201. The van der Waals surface area contributed by atoms with E-state index in [0.29, 0.717) is 11.3 Å². The summed E-state index contributed by atoms with van der Waals surface area (Å²) in [6, 6.07) is 0. The molecule has 0 aromatic carbocycles. The van der Waals surface area contributed by atoms with Gasteiger partial charge in [0.2, 0.25) is 0 Å². The van der Waals surface area contributed by atoms with Crippen LogP contribution in [0.4, 0.5) is 0 Å². The second kappa shape index (κ2) is 10.2. The van der Waals surface area contributed by atoms with Crippen molar-refractivity contribution in [2.24, 2.45) is 17.3 Å². The maximum atomic E-state index is 2.53. The van der Waals surface area contributed by atoms with Crippen LogP contribution < -0.4 is 0 Å². The lowest BCUT2D eigenvalue weighted by Crippen LogP contribution is -2.23. The number of rotatable bonds is 9. The van der Waals surface area contributed by atoms with E-state index in [-0.39, 0.29) is 0 Å². The first-order valence-corrected chi connectivity index (χ1v) is 9.95. The molecule has 23 heavy (non-hydrogen) atoms. The highest BCUT2D eigenvalue weighted by Gasteiger charge is 2.29. The van der Waals surface area contributed by atoms with Gasteiger partial charge in [0, 0.05) is 0 Å². The van der Waals surface area contributed by atoms with Crippen molar-refractivity contribution in [2.45, 2.75) is 92.9 Å². The standard InChI is InChI=1S/C23H40/c1-7-15-23(6,16-8-2)18-21(17-19(3)4)22-14-12-10-9-11-13-20(22)5/h10,12-14,19,21H,7-9,11,15-18H2,1-6H3/b12-10-,20-13?,22-14?. The van der Waals surface area contributed by atoms with E-state index in [9.17, 15) is 0 Å². The molecule has 0 aromatic heterocycles. The third-order valence-electron chi connectivity index (χ3n) is 5.29. The van der Waals surface area contributed by atoms with Crippen molar-refractivity contribution in [1.29, 1.82) is 0 Å². The van der Waals surface area contributed by atoms with E-state index < -0.39 is 0 Å². The summed E-state index contributed by atoms with van der Waals surface area (Å²) < 4.78 is 0. The van der Waals surface area contributed by atoms with Crippen molar-refractivity contribution in [3.8, 4) is 0 Å². The predicted octanol–water partition coefficient (Wildman–Crippen LogP) is 7.87. The van der Waals surface area contributed by atoms with Gasteiger partial charge in [0.05, 0.1) is 0 Å². The Bertz CT molecular complexity index is 413. The van der Waals surface area contributed by atoms with Crippen LogP contribution >= 0.6 is 0 Å². The molecule has 0 bridgehead atoms. The summed E-state index contributed by atoms with van der Waals surface area (Å²) in [5.74, 6) is 1.47. The van der Waals surface area contributed by atoms with Crippen LogP contribution in [0.15, 0.2) is 35.5 Å². The number of hydrogen-bond donors (Lipinski definition) is 0. The highest BCUT2D eigenvalue weighted by atomic mass is 14.3. The molecule has 1 unspecified atom stereocenters. The van der Waals surface area contributed by atoms with Gasteiger partial charge >= 0.3 is 0 Å². The Labute approximate surface area is 146 Å². The summed E-state index contributed by atoms with van der Waals surface area (Å²) in [5.41, 5.74) is 3.62. The molecule has 0 nitrogen and oxygen atoms in total. The molecular weight excluding hydrogens is 276 g/mol. The monoisotopic (exact) mass is 316 g/mol. The summed E-state index contributed by atoms with van der Waals surface area (Å²) >= 11 is 0. The molecule has 0 spiro atoms. The van der Waals surface area contributed by atoms with Crippen molar-refractivity contribution in [1.82, 2.24) is 0 Å². The zero-order valence-electron chi connectivity index (χ0n) is 16.6. The Morgan fingerprint density at radius 1 is 1.09 bits per heavy atom. The molecule has 1 rings (SSSR count). The van der Waals surface area contributed by atoms with Gasteiger partial charge in [0.1, 0.15) is 0 Å². The molecule has 0 aromatic rings. The van der Waals surface area contributed by atoms with E-state index in [4.69, 9.17) is 0 Å². The van der Waals surface area contributed by atoms with E-state index in [1.165, 1.54) is 56.9 Å². The average Bonchev–Trinajstić information content (AvgIpc) is 2.42. The van der Waals surface area contributed by atoms with Gasteiger partial charge in [-0.25, -0.2) is 0 Å². The van der Waals surface area contributed by atoms with Gasteiger partial charge in [-0.1, -0.05) is 77.3 Å². The Balaban J connectivity index is 3.06. The lowest BCUT2D eigenvalue weighted by atomic mass is 9.70. The van der Waals surface area contributed by atoms with Crippen molar-refractivity contribution < 1.29 is 0 Å². The van der Waals surface area contributed by atoms with Crippen molar-refractivity contribution >= 4 is 0 Å². The van der Waals surface area contributed by atoms with Crippen LogP contribution in [0.2, 0.25) is 0 Å². The minimum atomic E-state index is 0.496. The molecule has 0 N–H and O–H groups in total. The summed E-state index contributed by atoms with van der Waals surface area (Å²) in [4.78, 5) is 0. The molecule has 0 aliphatic heterocycles. The van der Waals surface area contributed by atoms with E-state index in [1.807, 2.05) is 0 Å². The zero-order valence-corrected chi connectivity index (χ0v) is 16.6. The van der Waals surface area contributed by atoms with Crippen LogP contribution in [-0.2, 0) is 0 Å². The van der Waals surface area contributed by atoms with Crippen LogP contribution in [0.1, 0.15) is 92.9 Å². The van der Waals surface area contributed by atoms with Crippen molar-refractivity contribution in [3.63, 3.8) is 0 Å². The van der Waals surface area contributed by atoms with Crippen molar-refractivity contribution in [3.05, 3.63) is 35.5 Å². The van der Waals surface area contributed by atoms with Crippen molar-refractivity contribution in [2.75, 3.05) is 0 Å². The molecule has 0 radical (unpaired) electrons. The largest absolute Gasteiger partial charge is 0.0842 e. The first kappa shape index (κ1) is 20.3. The van der Waals surface area contributed by atoms with E-state index in [1.54, 1.807) is 5.57 Å². The summed E-state index contributed by atoms with van der Waals surface area (Å²) in [6.45, 7) is 14.3. The fourth-order valence-corrected chi connectivity index (χ4v) is 4.39. The predicted molar refractivity (Wildman–Crippen MR) is 106 cm³/mol. The van der Waals surface area contributed by atoms with Gasteiger partial charge in [-0.05, 0) is 68.3 Å². The molecular formula is C23H40. The Hall–Kier alpha value is -0.780. The second-order valence-electron chi connectivity index (χ2n) is 8.36. The van der Waals surface area contributed by atoms with Gasteiger partial charge in [-0.2, -0.15) is 0 Å². The van der Waals surface area contributed by atoms with Gasteiger partial charge in [-0.15, -0.1) is 0 Å². The average molecular weight is 317 g/mol. The topological polar surface area (TPSA) is 0 Å². The minimum absolute atomic E-state index is 0.496.